The summed E-state index contributed by atoms with van der Waals surface area (Å²) < 4.78 is 0. The molecule has 1 rings (SSSR count). The highest BCUT2D eigenvalue weighted by molar-refractivity contribution is 7.09. The molecule has 1 aromatic heterocycles. The summed E-state index contributed by atoms with van der Waals surface area (Å²) in [5, 5.41) is 11.2. The van der Waals surface area contributed by atoms with Crippen LogP contribution in [-0.2, 0) is 6.42 Å². The molecule has 0 aliphatic rings. The first-order chi connectivity index (χ1) is 6.20. The van der Waals surface area contributed by atoms with Crippen LogP contribution in [0, 0.1) is 5.41 Å². The Morgan fingerprint density at radius 2 is 2.46 bits per heavy atom. The molecule has 1 unspecified atom stereocenters. The van der Waals surface area contributed by atoms with Crippen LogP contribution in [0.15, 0.2) is 30.2 Å². The largest absolute Gasteiger partial charge is 0.395 e. The molecule has 0 radical (unpaired) electrons. The zero-order valence-corrected chi connectivity index (χ0v) is 8.81. The van der Waals surface area contributed by atoms with Gasteiger partial charge in [-0.15, -0.1) is 17.9 Å². The molecule has 0 spiro atoms. The number of hydrogen-bond acceptors (Lipinski definition) is 2. The van der Waals surface area contributed by atoms with E-state index in [-0.39, 0.29) is 12.0 Å². The third kappa shape index (κ3) is 2.98. The minimum absolute atomic E-state index is 0.121. The van der Waals surface area contributed by atoms with Crippen molar-refractivity contribution in [1.82, 2.24) is 0 Å². The van der Waals surface area contributed by atoms with Crippen LogP contribution in [0.1, 0.15) is 18.2 Å². The van der Waals surface area contributed by atoms with Crippen LogP contribution in [0.4, 0.5) is 0 Å². The summed E-state index contributed by atoms with van der Waals surface area (Å²) in [6, 6.07) is 4.19. The summed E-state index contributed by atoms with van der Waals surface area (Å²) in [7, 11) is 0. The van der Waals surface area contributed by atoms with E-state index < -0.39 is 0 Å². The number of aliphatic hydroxyl groups excluding tert-OH is 1. The van der Waals surface area contributed by atoms with Crippen LogP contribution < -0.4 is 0 Å². The molecule has 0 amide bonds. The highest BCUT2D eigenvalue weighted by atomic mass is 32.1. The molecule has 1 atom stereocenters. The molecule has 0 aromatic carbocycles. The molecule has 1 aromatic rings. The second-order valence-corrected chi connectivity index (χ2v) is 4.63. The number of aliphatic hydroxyl groups is 1. The normalized spacial score (nSPS) is 15.2. The van der Waals surface area contributed by atoms with Gasteiger partial charge in [-0.1, -0.05) is 19.1 Å². The Hall–Kier alpha value is -0.600. The molecule has 1 heterocycles. The van der Waals surface area contributed by atoms with Gasteiger partial charge in [-0.05, 0) is 24.3 Å². The van der Waals surface area contributed by atoms with Crippen LogP contribution in [-0.4, -0.2) is 11.7 Å². The van der Waals surface area contributed by atoms with Crippen molar-refractivity contribution in [2.45, 2.75) is 19.8 Å². The van der Waals surface area contributed by atoms with Crippen molar-refractivity contribution in [2.24, 2.45) is 5.41 Å². The fraction of sp³-hybridized carbons (Fsp3) is 0.455. The van der Waals surface area contributed by atoms with Crippen molar-refractivity contribution in [3.63, 3.8) is 0 Å². The second kappa shape index (κ2) is 4.58. The fourth-order valence-corrected chi connectivity index (χ4v) is 1.82. The highest BCUT2D eigenvalue weighted by Crippen LogP contribution is 2.25. The molecule has 0 saturated heterocycles. The molecule has 0 saturated carbocycles. The lowest BCUT2D eigenvalue weighted by atomic mass is 9.86. The van der Waals surface area contributed by atoms with Gasteiger partial charge >= 0.3 is 0 Å². The summed E-state index contributed by atoms with van der Waals surface area (Å²) in [5.74, 6) is 0. The van der Waals surface area contributed by atoms with Gasteiger partial charge in [0.05, 0.1) is 6.61 Å². The molecular formula is C11H16OS. The van der Waals surface area contributed by atoms with Crippen LogP contribution in [0.2, 0.25) is 0 Å². The summed E-state index contributed by atoms with van der Waals surface area (Å²) in [5.41, 5.74) is -0.121. The first-order valence-corrected chi connectivity index (χ1v) is 5.35. The second-order valence-electron chi connectivity index (χ2n) is 3.60. The van der Waals surface area contributed by atoms with Crippen molar-refractivity contribution in [3.8, 4) is 0 Å². The van der Waals surface area contributed by atoms with Crippen LogP contribution in [0.5, 0.6) is 0 Å². The van der Waals surface area contributed by atoms with Gasteiger partial charge in [0.1, 0.15) is 0 Å². The van der Waals surface area contributed by atoms with E-state index in [1.54, 1.807) is 11.3 Å². The maximum Gasteiger partial charge on any atom is 0.0519 e. The molecule has 72 valence electrons. The SMILES string of the molecule is C=CC(C)(CO)CCc1cccs1. The average Bonchev–Trinajstić information content (AvgIpc) is 2.67. The first-order valence-electron chi connectivity index (χ1n) is 4.47. The number of hydrogen-bond donors (Lipinski definition) is 1. The maximum atomic E-state index is 9.15. The predicted octanol–water partition coefficient (Wildman–Crippen LogP) is 2.87. The lowest BCUT2D eigenvalue weighted by molar-refractivity contribution is 0.176. The number of thiophene rings is 1. The molecule has 0 aliphatic heterocycles. The third-order valence-corrected chi connectivity index (χ3v) is 3.31. The van der Waals surface area contributed by atoms with Gasteiger partial charge in [0, 0.05) is 10.3 Å². The average molecular weight is 196 g/mol. The Balaban J connectivity index is 2.45. The Bertz CT molecular complexity index is 253. The zero-order chi connectivity index (χ0) is 9.73. The van der Waals surface area contributed by atoms with Gasteiger partial charge in [-0.25, -0.2) is 0 Å². The summed E-state index contributed by atoms with van der Waals surface area (Å²) in [6.07, 6.45) is 3.84. The van der Waals surface area contributed by atoms with E-state index in [4.69, 9.17) is 5.11 Å². The smallest absolute Gasteiger partial charge is 0.0519 e. The molecule has 0 fully saturated rings. The van der Waals surface area contributed by atoms with Gasteiger partial charge in [0.15, 0.2) is 0 Å². The molecule has 13 heavy (non-hydrogen) atoms. The van der Waals surface area contributed by atoms with Crippen LogP contribution >= 0.6 is 11.3 Å². The van der Waals surface area contributed by atoms with Gasteiger partial charge in [-0.3, -0.25) is 0 Å². The van der Waals surface area contributed by atoms with E-state index in [1.165, 1.54) is 4.88 Å². The van der Waals surface area contributed by atoms with Crippen LogP contribution in [0.3, 0.4) is 0 Å². The van der Waals surface area contributed by atoms with Gasteiger partial charge in [0.25, 0.3) is 0 Å². The summed E-state index contributed by atoms with van der Waals surface area (Å²) >= 11 is 1.77. The van der Waals surface area contributed by atoms with E-state index in [2.05, 4.69) is 24.1 Å². The Morgan fingerprint density at radius 3 is 2.92 bits per heavy atom. The molecular weight excluding hydrogens is 180 g/mol. The molecule has 1 N–H and O–H groups in total. The lowest BCUT2D eigenvalue weighted by Gasteiger charge is -2.22. The van der Waals surface area contributed by atoms with Crippen molar-refractivity contribution in [2.75, 3.05) is 6.61 Å². The zero-order valence-electron chi connectivity index (χ0n) is 7.99. The summed E-state index contributed by atoms with van der Waals surface area (Å²) in [4.78, 5) is 1.38. The molecule has 0 aliphatic carbocycles. The number of rotatable bonds is 5. The van der Waals surface area contributed by atoms with Crippen molar-refractivity contribution >= 4 is 11.3 Å². The Labute approximate surface area is 83.7 Å². The predicted molar refractivity (Wildman–Crippen MR) is 58.0 cm³/mol. The van der Waals surface area contributed by atoms with Crippen LogP contribution in [0.25, 0.3) is 0 Å². The highest BCUT2D eigenvalue weighted by Gasteiger charge is 2.18. The maximum absolute atomic E-state index is 9.15. The standard InChI is InChI=1S/C11H16OS/c1-3-11(2,9-12)7-6-10-5-4-8-13-10/h3-5,8,12H,1,6-7,9H2,2H3. The van der Waals surface area contributed by atoms with Crippen molar-refractivity contribution in [3.05, 3.63) is 35.0 Å². The van der Waals surface area contributed by atoms with Crippen molar-refractivity contribution < 1.29 is 5.11 Å². The molecule has 0 bridgehead atoms. The van der Waals surface area contributed by atoms with E-state index in [9.17, 15) is 0 Å². The van der Waals surface area contributed by atoms with Gasteiger partial charge in [0.2, 0.25) is 0 Å². The van der Waals surface area contributed by atoms with Crippen molar-refractivity contribution in [1.29, 1.82) is 0 Å². The monoisotopic (exact) mass is 196 g/mol. The first kappa shape index (κ1) is 10.5. The minimum atomic E-state index is -0.121. The topological polar surface area (TPSA) is 20.2 Å². The van der Waals surface area contributed by atoms with Gasteiger partial charge < -0.3 is 5.11 Å². The van der Waals surface area contributed by atoms with E-state index in [1.807, 2.05) is 13.0 Å². The van der Waals surface area contributed by atoms with E-state index >= 15 is 0 Å². The summed E-state index contributed by atoms with van der Waals surface area (Å²) in [6.45, 7) is 5.96. The van der Waals surface area contributed by atoms with E-state index in [0.29, 0.717) is 0 Å². The molecule has 1 nitrogen and oxygen atoms in total. The fourth-order valence-electron chi connectivity index (χ4n) is 1.11. The Morgan fingerprint density at radius 1 is 1.69 bits per heavy atom. The Kier molecular flexibility index (Phi) is 3.70. The minimum Gasteiger partial charge on any atom is -0.395 e. The molecule has 2 heteroatoms. The van der Waals surface area contributed by atoms with E-state index in [0.717, 1.165) is 12.8 Å². The third-order valence-electron chi connectivity index (χ3n) is 2.38. The van der Waals surface area contributed by atoms with Gasteiger partial charge in [-0.2, -0.15) is 0 Å². The quantitative estimate of drug-likeness (QED) is 0.718. The lowest BCUT2D eigenvalue weighted by Crippen LogP contribution is -2.18. The number of aryl methyl sites for hydroxylation is 1.